The van der Waals surface area contributed by atoms with Gasteiger partial charge in [0, 0.05) is 18.1 Å². The second-order valence-corrected chi connectivity index (χ2v) is 5.63. The van der Waals surface area contributed by atoms with Crippen LogP contribution in [0.15, 0.2) is 42.7 Å². The number of carbonyl (C=O) groups is 1. The lowest BCUT2D eigenvalue weighted by molar-refractivity contribution is -0.115. The summed E-state index contributed by atoms with van der Waals surface area (Å²) in [7, 11) is 0. The SMILES string of the molecule is Cc1cccc(NC(=O)Cc2cn3cccc(C)c3n2)c1C. The molecule has 0 aliphatic heterocycles. The first kappa shape index (κ1) is 14.3. The zero-order valence-corrected chi connectivity index (χ0v) is 13.1. The molecule has 22 heavy (non-hydrogen) atoms. The number of nitrogens with zero attached hydrogens (tertiary/aromatic N) is 2. The van der Waals surface area contributed by atoms with Crippen molar-refractivity contribution in [3.63, 3.8) is 0 Å². The molecule has 0 spiro atoms. The Hall–Kier alpha value is -2.62. The van der Waals surface area contributed by atoms with E-state index in [4.69, 9.17) is 0 Å². The number of carbonyl (C=O) groups excluding carboxylic acids is 1. The second-order valence-electron chi connectivity index (χ2n) is 5.63. The summed E-state index contributed by atoms with van der Waals surface area (Å²) in [5.74, 6) is -0.0465. The van der Waals surface area contributed by atoms with E-state index in [0.717, 1.165) is 28.2 Å². The van der Waals surface area contributed by atoms with Crippen molar-refractivity contribution in [3.05, 3.63) is 65.1 Å². The topological polar surface area (TPSA) is 46.4 Å². The highest BCUT2D eigenvalue weighted by Gasteiger charge is 2.10. The van der Waals surface area contributed by atoms with Gasteiger partial charge in [0.15, 0.2) is 0 Å². The van der Waals surface area contributed by atoms with Crippen LogP contribution in [0.5, 0.6) is 0 Å². The second kappa shape index (κ2) is 5.64. The third kappa shape index (κ3) is 2.72. The van der Waals surface area contributed by atoms with Gasteiger partial charge in [0.1, 0.15) is 5.65 Å². The minimum atomic E-state index is -0.0465. The average molecular weight is 293 g/mol. The van der Waals surface area contributed by atoms with Crippen LogP contribution < -0.4 is 5.32 Å². The number of pyridine rings is 1. The van der Waals surface area contributed by atoms with Gasteiger partial charge in [-0.3, -0.25) is 4.79 Å². The molecular formula is C18H19N3O. The predicted octanol–water partition coefficient (Wildman–Crippen LogP) is 3.44. The number of hydrogen-bond acceptors (Lipinski definition) is 2. The Bertz CT molecular complexity index is 849. The smallest absolute Gasteiger partial charge is 0.230 e. The molecule has 0 aliphatic rings. The molecule has 0 radical (unpaired) electrons. The van der Waals surface area contributed by atoms with Crippen LogP contribution in [0.3, 0.4) is 0 Å². The van der Waals surface area contributed by atoms with E-state index in [0.29, 0.717) is 0 Å². The average Bonchev–Trinajstić information content (AvgIpc) is 2.88. The maximum Gasteiger partial charge on any atom is 0.230 e. The lowest BCUT2D eigenvalue weighted by atomic mass is 10.1. The lowest BCUT2D eigenvalue weighted by Crippen LogP contribution is -2.15. The first-order valence-corrected chi connectivity index (χ1v) is 7.34. The largest absolute Gasteiger partial charge is 0.325 e. The van der Waals surface area contributed by atoms with Gasteiger partial charge in [0.05, 0.1) is 12.1 Å². The van der Waals surface area contributed by atoms with E-state index >= 15 is 0 Å². The number of aryl methyl sites for hydroxylation is 2. The van der Waals surface area contributed by atoms with Crippen LogP contribution in [0.4, 0.5) is 5.69 Å². The summed E-state index contributed by atoms with van der Waals surface area (Å²) >= 11 is 0. The molecule has 0 unspecified atom stereocenters. The summed E-state index contributed by atoms with van der Waals surface area (Å²) < 4.78 is 1.95. The number of aromatic nitrogens is 2. The Balaban J connectivity index is 1.78. The number of rotatable bonds is 3. The first-order chi connectivity index (χ1) is 10.5. The maximum atomic E-state index is 12.2. The predicted molar refractivity (Wildman–Crippen MR) is 88.2 cm³/mol. The van der Waals surface area contributed by atoms with E-state index in [1.165, 1.54) is 5.56 Å². The molecule has 2 aromatic heterocycles. The molecule has 0 bridgehead atoms. The third-order valence-corrected chi connectivity index (χ3v) is 3.95. The molecule has 1 amide bonds. The Kier molecular flexibility index (Phi) is 3.67. The van der Waals surface area contributed by atoms with Gasteiger partial charge in [-0.25, -0.2) is 4.98 Å². The number of fused-ring (bicyclic) bond motifs is 1. The van der Waals surface area contributed by atoms with E-state index in [1.807, 2.05) is 67.9 Å². The summed E-state index contributed by atoms with van der Waals surface area (Å²) in [6.45, 7) is 6.07. The molecule has 0 saturated carbocycles. The van der Waals surface area contributed by atoms with Crippen LogP contribution in [0.25, 0.3) is 5.65 Å². The summed E-state index contributed by atoms with van der Waals surface area (Å²) in [4.78, 5) is 16.8. The van der Waals surface area contributed by atoms with Crippen molar-refractivity contribution < 1.29 is 4.79 Å². The standard InChI is InChI=1S/C18H19N3O/c1-12-6-4-8-16(14(12)3)20-17(22)10-15-11-21-9-5-7-13(2)18(21)19-15/h4-9,11H,10H2,1-3H3,(H,20,22). The fourth-order valence-electron chi connectivity index (χ4n) is 2.53. The molecule has 1 N–H and O–H groups in total. The van der Waals surface area contributed by atoms with Crippen LogP contribution >= 0.6 is 0 Å². The Morgan fingerprint density at radius 1 is 1.14 bits per heavy atom. The summed E-state index contributed by atoms with van der Waals surface area (Å²) in [6, 6.07) is 9.91. The number of anilines is 1. The molecule has 2 heterocycles. The van der Waals surface area contributed by atoms with Crippen molar-refractivity contribution in [3.8, 4) is 0 Å². The zero-order valence-electron chi connectivity index (χ0n) is 13.1. The van der Waals surface area contributed by atoms with E-state index in [1.54, 1.807) is 0 Å². The normalized spacial score (nSPS) is 10.9. The molecule has 1 aromatic carbocycles. The summed E-state index contributed by atoms with van der Waals surface area (Å²) in [5, 5.41) is 2.97. The van der Waals surface area contributed by atoms with Gasteiger partial charge < -0.3 is 9.72 Å². The Morgan fingerprint density at radius 3 is 2.68 bits per heavy atom. The molecular weight excluding hydrogens is 274 g/mol. The fourth-order valence-corrected chi connectivity index (χ4v) is 2.53. The van der Waals surface area contributed by atoms with Gasteiger partial charge in [0.25, 0.3) is 0 Å². The molecule has 0 atom stereocenters. The van der Waals surface area contributed by atoms with E-state index in [9.17, 15) is 4.79 Å². The third-order valence-electron chi connectivity index (χ3n) is 3.95. The number of benzene rings is 1. The van der Waals surface area contributed by atoms with Gasteiger partial charge in [-0.05, 0) is 49.6 Å². The Morgan fingerprint density at radius 2 is 1.91 bits per heavy atom. The monoisotopic (exact) mass is 293 g/mol. The molecule has 0 saturated heterocycles. The van der Waals surface area contributed by atoms with Crippen molar-refractivity contribution in [2.75, 3.05) is 5.32 Å². The van der Waals surface area contributed by atoms with Crippen molar-refractivity contribution in [1.82, 2.24) is 9.38 Å². The van der Waals surface area contributed by atoms with Gasteiger partial charge in [0.2, 0.25) is 5.91 Å². The van der Waals surface area contributed by atoms with Gasteiger partial charge in [-0.2, -0.15) is 0 Å². The van der Waals surface area contributed by atoms with Crippen LogP contribution in [0, 0.1) is 20.8 Å². The molecule has 3 rings (SSSR count). The van der Waals surface area contributed by atoms with E-state index in [2.05, 4.69) is 10.3 Å². The van der Waals surface area contributed by atoms with Gasteiger partial charge >= 0.3 is 0 Å². The summed E-state index contributed by atoms with van der Waals surface area (Å²) in [6.07, 6.45) is 4.13. The maximum absolute atomic E-state index is 12.2. The fraction of sp³-hybridized carbons (Fsp3) is 0.222. The molecule has 0 aliphatic carbocycles. The number of hydrogen-bond donors (Lipinski definition) is 1. The number of nitrogens with one attached hydrogen (secondary N) is 1. The van der Waals surface area contributed by atoms with Gasteiger partial charge in [-0.15, -0.1) is 0 Å². The van der Waals surface area contributed by atoms with Gasteiger partial charge in [-0.1, -0.05) is 18.2 Å². The van der Waals surface area contributed by atoms with E-state index in [-0.39, 0.29) is 12.3 Å². The highest BCUT2D eigenvalue weighted by molar-refractivity contribution is 5.93. The molecule has 4 heteroatoms. The summed E-state index contributed by atoms with van der Waals surface area (Å²) in [5.41, 5.74) is 5.91. The minimum Gasteiger partial charge on any atom is -0.325 e. The highest BCUT2D eigenvalue weighted by Crippen LogP contribution is 2.18. The molecule has 3 aromatic rings. The number of imidazole rings is 1. The number of amides is 1. The van der Waals surface area contributed by atoms with Crippen LogP contribution in [-0.2, 0) is 11.2 Å². The van der Waals surface area contributed by atoms with Crippen molar-refractivity contribution >= 4 is 17.2 Å². The van der Waals surface area contributed by atoms with Crippen molar-refractivity contribution in [2.45, 2.75) is 27.2 Å². The molecule has 112 valence electrons. The highest BCUT2D eigenvalue weighted by atomic mass is 16.1. The van der Waals surface area contributed by atoms with Crippen molar-refractivity contribution in [1.29, 1.82) is 0 Å². The van der Waals surface area contributed by atoms with Crippen LogP contribution in [-0.4, -0.2) is 15.3 Å². The van der Waals surface area contributed by atoms with Crippen molar-refractivity contribution in [2.24, 2.45) is 0 Å². The first-order valence-electron chi connectivity index (χ1n) is 7.34. The van der Waals surface area contributed by atoms with Crippen LogP contribution in [0.2, 0.25) is 0 Å². The van der Waals surface area contributed by atoms with E-state index < -0.39 is 0 Å². The minimum absolute atomic E-state index is 0.0465. The zero-order chi connectivity index (χ0) is 15.7. The lowest BCUT2D eigenvalue weighted by Gasteiger charge is -2.09. The Labute approximate surface area is 129 Å². The van der Waals surface area contributed by atoms with Crippen LogP contribution in [0.1, 0.15) is 22.4 Å². The molecule has 4 nitrogen and oxygen atoms in total. The quantitative estimate of drug-likeness (QED) is 0.804. The molecule has 0 fully saturated rings.